The lowest BCUT2D eigenvalue weighted by Gasteiger charge is -2.21. The predicted octanol–water partition coefficient (Wildman–Crippen LogP) is 0.486. The number of nitrogens with zero attached hydrogens (tertiary/aromatic N) is 2. The molecule has 0 fully saturated rings. The Bertz CT molecular complexity index is 283. The Labute approximate surface area is 83.5 Å². The lowest BCUT2D eigenvalue weighted by Crippen LogP contribution is -2.31. The number of rotatable bonds is 5. The van der Waals surface area contributed by atoms with Gasteiger partial charge in [0.05, 0.1) is 6.54 Å². The second-order valence-electron chi connectivity index (χ2n) is 4.16. The maximum atomic E-state index is 9.00. The van der Waals surface area contributed by atoms with E-state index in [1.54, 1.807) is 6.92 Å². The first-order chi connectivity index (χ1) is 6.53. The molecule has 0 amide bonds. The van der Waals surface area contributed by atoms with Gasteiger partial charge < -0.3 is 14.9 Å². The Kier molecular flexibility index (Phi) is 3.60. The minimum absolute atomic E-state index is 0.116. The number of aliphatic hydroxyl groups is 1. The fourth-order valence-corrected chi connectivity index (χ4v) is 0.976. The largest absolute Gasteiger partial charge is 0.396 e. The molecule has 2 N–H and O–H groups in total. The zero-order valence-corrected chi connectivity index (χ0v) is 8.87. The molecule has 0 unspecified atom stereocenters. The van der Waals surface area contributed by atoms with Crippen molar-refractivity contribution in [1.82, 2.24) is 15.5 Å². The van der Waals surface area contributed by atoms with E-state index in [0.29, 0.717) is 24.8 Å². The summed E-state index contributed by atoms with van der Waals surface area (Å²) in [5.41, 5.74) is -0.116. The van der Waals surface area contributed by atoms with E-state index >= 15 is 0 Å². The highest BCUT2D eigenvalue weighted by molar-refractivity contribution is 4.82. The van der Waals surface area contributed by atoms with E-state index in [2.05, 4.69) is 15.5 Å². The predicted molar refractivity (Wildman–Crippen MR) is 51.6 cm³/mol. The molecule has 0 atom stereocenters. The van der Waals surface area contributed by atoms with E-state index in [1.165, 1.54) is 0 Å². The average Bonchev–Trinajstić information content (AvgIpc) is 2.51. The van der Waals surface area contributed by atoms with Gasteiger partial charge in [-0.05, 0) is 6.92 Å². The standard InChI is InChI=1S/C9H17N3O2/c1-7-11-8(14-12-7)4-10-5-9(2,3)6-13/h10,13H,4-6H2,1-3H3. The second-order valence-corrected chi connectivity index (χ2v) is 4.16. The topological polar surface area (TPSA) is 71.2 Å². The fraction of sp³-hybridized carbons (Fsp3) is 0.778. The van der Waals surface area contributed by atoms with Crippen molar-refractivity contribution in [3.8, 4) is 0 Å². The number of hydrogen-bond donors (Lipinski definition) is 2. The van der Waals surface area contributed by atoms with Crippen molar-refractivity contribution < 1.29 is 9.63 Å². The molecule has 0 aliphatic carbocycles. The summed E-state index contributed by atoms with van der Waals surface area (Å²) in [7, 11) is 0. The summed E-state index contributed by atoms with van der Waals surface area (Å²) in [6.45, 7) is 7.17. The third-order valence-corrected chi connectivity index (χ3v) is 1.88. The Morgan fingerprint density at radius 1 is 1.50 bits per heavy atom. The summed E-state index contributed by atoms with van der Waals surface area (Å²) >= 11 is 0. The van der Waals surface area contributed by atoms with Crippen LogP contribution in [0.2, 0.25) is 0 Å². The molecule has 0 spiro atoms. The van der Waals surface area contributed by atoms with Crippen LogP contribution in [0.4, 0.5) is 0 Å². The van der Waals surface area contributed by atoms with E-state index in [0.717, 1.165) is 0 Å². The summed E-state index contributed by atoms with van der Waals surface area (Å²) in [5.74, 6) is 1.22. The minimum Gasteiger partial charge on any atom is -0.396 e. The van der Waals surface area contributed by atoms with Crippen LogP contribution in [0.15, 0.2) is 4.52 Å². The molecular weight excluding hydrogens is 182 g/mol. The van der Waals surface area contributed by atoms with Crippen molar-refractivity contribution >= 4 is 0 Å². The minimum atomic E-state index is -0.116. The SMILES string of the molecule is Cc1noc(CNCC(C)(C)CO)n1. The molecule has 1 aromatic rings. The van der Waals surface area contributed by atoms with Crippen LogP contribution in [0.3, 0.4) is 0 Å². The van der Waals surface area contributed by atoms with Crippen LogP contribution in [-0.4, -0.2) is 28.4 Å². The van der Waals surface area contributed by atoms with Crippen molar-refractivity contribution in [1.29, 1.82) is 0 Å². The maximum Gasteiger partial charge on any atom is 0.240 e. The number of nitrogens with one attached hydrogen (secondary N) is 1. The molecule has 0 aliphatic rings. The molecule has 1 aromatic heterocycles. The second kappa shape index (κ2) is 4.52. The third-order valence-electron chi connectivity index (χ3n) is 1.88. The summed E-state index contributed by atoms with van der Waals surface area (Å²) in [4.78, 5) is 4.05. The fourth-order valence-electron chi connectivity index (χ4n) is 0.976. The average molecular weight is 199 g/mol. The molecule has 0 aliphatic heterocycles. The van der Waals surface area contributed by atoms with Gasteiger partial charge in [0, 0.05) is 18.6 Å². The number of aliphatic hydroxyl groups excluding tert-OH is 1. The molecule has 5 heteroatoms. The molecule has 14 heavy (non-hydrogen) atoms. The number of hydrogen-bond acceptors (Lipinski definition) is 5. The molecule has 0 saturated carbocycles. The zero-order chi connectivity index (χ0) is 10.6. The molecular formula is C9H17N3O2. The highest BCUT2D eigenvalue weighted by Gasteiger charge is 2.15. The van der Waals surface area contributed by atoms with Gasteiger partial charge in [-0.1, -0.05) is 19.0 Å². The van der Waals surface area contributed by atoms with Crippen LogP contribution in [0.25, 0.3) is 0 Å². The Morgan fingerprint density at radius 2 is 2.21 bits per heavy atom. The first-order valence-corrected chi connectivity index (χ1v) is 4.64. The summed E-state index contributed by atoms with van der Waals surface area (Å²) in [5, 5.41) is 15.8. The van der Waals surface area contributed by atoms with Crippen LogP contribution in [0.1, 0.15) is 25.6 Å². The van der Waals surface area contributed by atoms with Gasteiger partial charge >= 0.3 is 0 Å². The van der Waals surface area contributed by atoms with E-state index in [1.807, 2.05) is 13.8 Å². The van der Waals surface area contributed by atoms with E-state index in [-0.39, 0.29) is 12.0 Å². The molecule has 0 radical (unpaired) electrons. The van der Waals surface area contributed by atoms with Crippen LogP contribution < -0.4 is 5.32 Å². The quantitative estimate of drug-likeness (QED) is 0.722. The molecule has 0 aromatic carbocycles. The molecule has 1 rings (SSSR count). The van der Waals surface area contributed by atoms with Crippen LogP contribution in [0, 0.1) is 12.3 Å². The van der Waals surface area contributed by atoms with Gasteiger partial charge in [0.25, 0.3) is 0 Å². The van der Waals surface area contributed by atoms with Crippen LogP contribution in [-0.2, 0) is 6.54 Å². The summed E-state index contributed by atoms with van der Waals surface area (Å²) in [6.07, 6.45) is 0. The van der Waals surface area contributed by atoms with Crippen molar-refractivity contribution in [2.24, 2.45) is 5.41 Å². The normalized spacial score (nSPS) is 12.0. The molecule has 1 heterocycles. The molecule has 80 valence electrons. The van der Waals surface area contributed by atoms with Crippen LogP contribution >= 0.6 is 0 Å². The highest BCUT2D eigenvalue weighted by Crippen LogP contribution is 2.11. The van der Waals surface area contributed by atoms with Crippen molar-refractivity contribution in [3.05, 3.63) is 11.7 Å². The lowest BCUT2D eigenvalue weighted by molar-refractivity contribution is 0.155. The highest BCUT2D eigenvalue weighted by atomic mass is 16.5. The first kappa shape index (κ1) is 11.1. The maximum absolute atomic E-state index is 9.00. The smallest absolute Gasteiger partial charge is 0.240 e. The zero-order valence-electron chi connectivity index (χ0n) is 8.87. The molecule has 5 nitrogen and oxygen atoms in total. The molecule has 0 saturated heterocycles. The van der Waals surface area contributed by atoms with Gasteiger partial charge in [-0.2, -0.15) is 4.98 Å². The van der Waals surface area contributed by atoms with Gasteiger partial charge in [0.1, 0.15) is 0 Å². The summed E-state index contributed by atoms with van der Waals surface area (Å²) in [6, 6.07) is 0. The number of aromatic nitrogens is 2. The lowest BCUT2D eigenvalue weighted by atomic mass is 9.95. The van der Waals surface area contributed by atoms with Gasteiger partial charge in [0.2, 0.25) is 5.89 Å². The van der Waals surface area contributed by atoms with Gasteiger partial charge in [-0.15, -0.1) is 0 Å². The van der Waals surface area contributed by atoms with E-state index in [9.17, 15) is 0 Å². The number of aryl methyl sites for hydroxylation is 1. The Balaban J connectivity index is 2.28. The molecule has 0 bridgehead atoms. The van der Waals surface area contributed by atoms with Gasteiger partial charge in [-0.3, -0.25) is 0 Å². The Hall–Kier alpha value is -0.940. The Morgan fingerprint density at radius 3 is 2.71 bits per heavy atom. The van der Waals surface area contributed by atoms with Crippen molar-refractivity contribution in [2.75, 3.05) is 13.2 Å². The van der Waals surface area contributed by atoms with E-state index < -0.39 is 0 Å². The van der Waals surface area contributed by atoms with Crippen molar-refractivity contribution in [3.63, 3.8) is 0 Å². The van der Waals surface area contributed by atoms with Crippen LogP contribution in [0.5, 0.6) is 0 Å². The van der Waals surface area contributed by atoms with E-state index in [4.69, 9.17) is 9.63 Å². The first-order valence-electron chi connectivity index (χ1n) is 4.64. The third kappa shape index (κ3) is 3.43. The summed E-state index contributed by atoms with van der Waals surface area (Å²) < 4.78 is 4.93. The monoisotopic (exact) mass is 199 g/mol. The van der Waals surface area contributed by atoms with Gasteiger partial charge in [0.15, 0.2) is 5.82 Å². The van der Waals surface area contributed by atoms with Gasteiger partial charge in [-0.25, -0.2) is 0 Å². The van der Waals surface area contributed by atoms with Crippen molar-refractivity contribution in [2.45, 2.75) is 27.3 Å².